The molecule has 1 unspecified atom stereocenters. The van der Waals surface area contributed by atoms with Crippen LogP contribution in [-0.4, -0.2) is 53.1 Å². The van der Waals surface area contributed by atoms with Gasteiger partial charge >= 0.3 is 5.97 Å². The summed E-state index contributed by atoms with van der Waals surface area (Å²) in [5.74, 6) is -0.320. The molecule has 78 valence electrons. The molecule has 0 fully saturated rings. The second-order valence-corrected chi connectivity index (χ2v) is 2.43. The molecule has 0 saturated heterocycles. The molecule has 0 aromatic carbocycles. The molecule has 0 bridgehead atoms. The number of hydrogen-bond donors (Lipinski definition) is 1. The van der Waals surface area contributed by atoms with Crippen LogP contribution in [0.1, 0.15) is 0 Å². The van der Waals surface area contributed by atoms with E-state index >= 15 is 0 Å². The molecular weight excluding hydrogens is 174 g/mol. The number of ether oxygens (including phenoxy) is 3. The van der Waals surface area contributed by atoms with E-state index in [1.807, 2.05) is 0 Å². The van der Waals surface area contributed by atoms with Crippen molar-refractivity contribution in [1.82, 2.24) is 5.32 Å². The Morgan fingerprint density at radius 3 is 2.54 bits per heavy atom. The van der Waals surface area contributed by atoms with E-state index in [1.165, 1.54) is 7.11 Å². The van der Waals surface area contributed by atoms with Crippen LogP contribution in [0.5, 0.6) is 0 Å². The van der Waals surface area contributed by atoms with Crippen LogP contribution in [0, 0.1) is 0 Å². The summed E-state index contributed by atoms with van der Waals surface area (Å²) in [6, 6.07) is -0.401. The van der Waals surface area contributed by atoms with Crippen molar-refractivity contribution in [2.75, 3.05) is 41.1 Å². The Kier molecular flexibility index (Phi) is 7.57. The first-order valence-corrected chi connectivity index (χ1v) is 4.08. The van der Waals surface area contributed by atoms with Crippen LogP contribution in [0.25, 0.3) is 0 Å². The maximum absolute atomic E-state index is 11.0. The minimum atomic E-state index is -0.401. The first kappa shape index (κ1) is 12.3. The highest BCUT2D eigenvalue weighted by Crippen LogP contribution is 1.89. The average Bonchev–Trinajstić information content (AvgIpc) is 2.17. The highest BCUT2D eigenvalue weighted by atomic mass is 16.5. The van der Waals surface area contributed by atoms with Gasteiger partial charge in [-0.2, -0.15) is 0 Å². The lowest BCUT2D eigenvalue weighted by Gasteiger charge is -2.13. The van der Waals surface area contributed by atoms with E-state index in [2.05, 4.69) is 10.1 Å². The van der Waals surface area contributed by atoms with Gasteiger partial charge in [0, 0.05) is 7.11 Å². The zero-order valence-electron chi connectivity index (χ0n) is 8.33. The van der Waals surface area contributed by atoms with Crippen LogP contribution >= 0.6 is 0 Å². The van der Waals surface area contributed by atoms with Crippen molar-refractivity contribution in [3.63, 3.8) is 0 Å². The largest absolute Gasteiger partial charge is 0.468 e. The third kappa shape index (κ3) is 5.57. The van der Waals surface area contributed by atoms with E-state index in [-0.39, 0.29) is 5.97 Å². The van der Waals surface area contributed by atoms with Crippen molar-refractivity contribution in [2.45, 2.75) is 6.04 Å². The molecule has 0 heterocycles. The van der Waals surface area contributed by atoms with Gasteiger partial charge in [-0.05, 0) is 7.05 Å². The molecule has 0 aliphatic heterocycles. The van der Waals surface area contributed by atoms with Gasteiger partial charge in [-0.1, -0.05) is 0 Å². The monoisotopic (exact) mass is 191 g/mol. The lowest BCUT2D eigenvalue weighted by atomic mass is 10.3. The quantitative estimate of drug-likeness (QED) is 0.430. The molecule has 0 radical (unpaired) electrons. The first-order chi connectivity index (χ1) is 6.26. The topological polar surface area (TPSA) is 56.8 Å². The van der Waals surface area contributed by atoms with Crippen molar-refractivity contribution in [1.29, 1.82) is 0 Å². The molecule has 0 aliphatic rings. The van der Waals surface area contributed by atoms with Gasteiger partial charge in [-0.25, -0.2) is 0 Å². The van der Waals surface area contributed by atoms with Crippen LogP contribution in [0.15, 0.2) is 0 Å². The van der Waals surface area contributed by atoms with Gasteiger partial charge in [-0.3, -0.25) is 4.79 Å². The summed E-state index contributed by atoms with van der Waals surface area (Å²) in [6.07, 6.45) is 0. The fraction of sp³-hybridized carbons (Fsp3) is 0.875. The Hall–Kier alpha value is -0.650. The van der Waals surface area contributed by atoms with Crippen LogP contribution in [0.3, 0.4) is 0 Å². The summed E-state index contributed by atoms with van der Waals surface area (Å²) in [4.78, 5) is 11.0. The van der Waals surface area contributed by atoms with E-state index in [0.29, 0.717) is 19.8 Å². The van der Waals surface area contributed by atoms with Crippen LogP contribution in [-0.2, 0) is 19.0 Å². The summed E-state index contributed by atoms with van der Waals surface area (Å²) in [7, 11) is 4.63. The molecule has 13 heavy (non-hydrogen) atoms. The molecule has 0 aromatic heterocycles. The third-order valence-corrected chi connectivity index (χ3v) is 1.55. The molecule has 5 heteroatoms. The third-order valence-electron chi connectivity index (χ3n) is 1.55. The van der Waals surface area contributed by atoms with Gasteiger partial charge in [0.2, 0.25) is 0 Å². The number of likely N-dealkylation sites (N-methyl/N-ethyl adjacent to an activating group) is 1. The lowest BCUT2D eigenvalue weighted by Crippen LogP contribution is -2.39. The van der Waals surface area contributed by atoms with Gasteiger partial charge < -0.3 is 19.5 Å². The van der Waals surface area contributed by atoms with E-state index in [0.717, 1.165) is 0 Å². The lowest BCUT2D eigenvalue weighted by molar-refractivity contribution is -0.144. The number of methoxy groups -OCH3 is 2. The second-order valence-electron chi connectivity index (χ2n) is 2.43. The molecule has 0 aliphatic carbocycles. The van der Waals surface area contributed by atoms with Gasteiger partial charge in [0.05, 0.1) is 26.9 Å². The summed E-state index contributed by atoms with van der Waals surface area (Å²) in [6.45, 7) is 1.30. The molecular formula is C8H17NO4. The van der Waals surface area contributed by atoms with Crippen LogP contribution < -0.4 is 5.32 Å². The highest BCUT2D eigenvalue weighted by Gasteiger charge is 2.16. The van der Waals surface area contributed by atoms with E-state index in [9.17, 15) is 4.79 Å². The molecule has 0 spiro atoms. The van der Waals surface area contributed by atoms with E-state index < -0.39 is 6.04 Å². The number of carbonyl (C=O) groups is 1. The predicted molar refractivity (Wildman–Crippen MR) is 47.6 cm³/mol. The number of esters is 1. The second kappa shape index (κ2) is 7.97. The predicted octanol–water partition coefficient (Wildman–Crippen LogP) is -0.590. The zero-order valence-corrected chi connectivity index (χ0v) is 8.33. The molecule has 1 atom stereocenters. The maximum Gasteiger partial charge on any atom is 0.325 e. The number of nitrogens with one attached hydrogen (secondary N) is 1. The van der Waals surface area contributed by atoms with Gasteiger partial charge in [-0.15, -0.1) is 0 Å². The smallest absolute Gasteiger partial charge is 0.325 e. The molecule has 0 rings (SSSR count). The Morgan fingerprint density at radius 1 is 1.38 bits per heavy atom. The SMILES string of the molecule is CNC(COCCOC)C(=O)OC. The van der Waals surface area contributed by atoms with Gasteiger partial charge in [0.1, 0.15) is 6.04 Å². The van der Waals surface area contributed by atoms with Crippen molar-refractivity contribution in [2.24, 2.45) is 0 Å². The van der Waals surface area contributed by atoms with E-state index in [1.54, 1.807) is 14.2 Å². The Bertz CT molecular complexity index is 140. The number of hydrogen-bond acceptors (Lipinski definition) is 5. The molecule has 1 N–H and O–H groups in total. The zero-order chi connectivity index (χ0) is 10.1. The highest BCUT2D eigenvalue weighted by molar-refractivity contribution is 5.75. The van der Waals surface area contributed by atoms with Crippen molar-refractivity contribution < 1.29 is 19.0 Å². The summed E-state index contributed by atoms with van der Waals surface area (Å²) >= 11 is 0. The summed E-state index contributed by atoms with van der Waals surface area (Å²) in [5.41, 5.74) is 0. The minimum Gasteiger partial charge on any atom is -0.468 e. The Balaban J connectivity index is 3.53. The van der Waals surface area contributed by atoms with E-state index in [4.69, 9.17) is 9.47 Å². The first-order valence-electron chi connectivity index (χ1n) is 4.08. The van der Waals surface area contributed by atoms with Crippen LogP contribution in [0.2, 0.25) is 0 Å². The molecule has 0 aromatic rings. The van der Waals surface area contributed by atoms with Crippen molar-refractivity contribution in [3.05, 3.63) is 0 Å². The molecule has 0 amide bonds. The van der Waals surface area contributed by atoms with Gasteiger partial charge in [0.25, 0.3) is 0 Å². The minimum absolute atomic E-state index is 0.298. The standard InChI is InChI=1S/C8H17NO4/c1-9-7(8(10)12-3)6-13-5-4-11-2/h7,9H,4-6H2,1-3H3. The molecule has 5 nitrogen and oxygen atoms in total. The van der Waals surface area contributed by atoms with Crippen molar-refractivity contribution in [3.8, 4) is 0 Å². The number of carbonyl (C=O) groups excluding carboxylic acids is 1. The molecule has 0 saturated carbocycles. The van der Waals surface area contributed by atoms with Crippen LogP contribution in [0.4, 0.5) is 0 Å². The van der Waals surface area contributed by atoms with Gasteiger partial charge in [0.15, 0.2) is 0 Å². The Labute approximate surface area is 78.3 Å². The Morgan fingerprint density at radius 2 is 2.08 bits per heavy atom. The normalized spacial score (nSPS) is 12.5. The average molecular weight is 191 g/mol. The fourth-order valence-corrected chi connectivity index (χ4v) is 0.755. The van der Waals surface area contributed by atoms with Crippen molar-refractivity contribution >= 4 is 5.97 Å². The number of rotatable bonds is 7. The fourth-order valence-electron chi connectivity index (χ4n) is 0.755. The summed E-state index contributed by atoms with van der Waals surface area (Å²) < 4.78 is 14.5. The maximum atomic E-state index is 11.0. The summed E-state index contributed by atoms with van der Waals surface area (Å²) in [5, 5.41) is 2.79.